The average Bonchev–Trinajstić information content (AvgIpc) is 2.37. The standard InChI is InChI=1S/C15H24N4/c1-6-9-15(4,5)17-14-12(10-16)11(7-2)13(8-3)18-19-14/h6-9H2,1-5H3,(H,17,19). The Hall–Kier alpha value is -1.63. The van der Waals surface area contributed by atoms with Gasteiger partial charge in [-0.15, -0.1) is 5.10 Å². The lowest BCUT2D eigenvalue weighted by molar-refractivity contribution is 0.507. The van der Waals surface area contributed by atoms with Gasteiger partial charge >= 0.3 is 0 Å². The van der Waals surface area contributed by atoms with Gasteiger partial charge in [0.05, 0.1) is 5.69 Å². The summed E-state index contributed by atoms with van der Waals surface area (Å²) in [5, 5.41) is 21.3. The van der Waals surface area contributed by atoms with E-state index in [-0.39, 0.29) is 5.54 Å². The molecule has 0 saturated heterocycles. The van der Waals surface area contributed by atoms with E-state index >= 15 is 0 Å². The number of aryl methyl sites for hydroxylation is 1. The van der Waals surface area contributed by atoms with Crippen LogP contribution in [-0.2, 0) is 12.8 Å². The minimum absolute atomic E-state index is 0.0756. The number of hydrogen-bond donors (Lipinski definition) is 1. The molecule has 0 spiro atoms. The van der Waals surface area contributed by atoms with E-state index in [1.807, 2.05) is 6.92 Å². The molecule has 4 nitrogen and oxygen atoms in total. The Kier molecular flexibility index (Phi) is 5.29. The lowest BCUT2D eigenvalue weighted by atomic mass is 9.97. The Morgan fingerprint density at radius 3 is 2.32 bits per heavy atom. The highest BCUT2D eigenvalue weighted by atomic mass is 15.2. The maximum Gasteiger partial charge on any atom is 0.167 e. The van der Waals surface area contributed by atoms with Crippen LogP contribution in [0, 0.1) is 11.3 Å². The second-order valence-corrected chi connectivity index (χ2v) is 5.43. The molecule has 0 aliphatic heterocycles. The molecule has 0 fully saturated rings. The van der Waals surface area contributed by atoms with Crippen LogP contribution < -0.4 is 5.32 Å². The SMILES string of the molecule is CCCC(C)(C)Nc1nnc(CC)c(CC)c1C#N. The molecule has 4 heteroatoms. The maximum absolute atomic E-state index is 9.42. The number of nitrogens with zero attached hydrogens (tertiary/aromatic N) is 3. The van der Waals surface area contributed by atoms with Crippen molar-refractivity contribution < 1.29 is 0 Å². The molecule has 0 aromatic carbocycles. The summed E-state index contributed by atoms with van der Waals surface area (Å²) >= 11 is 0. The van der Waals surface area contributed by atoms with Crippen LogP contribution >= 0.6 is 0 Å². The second-order valence-electron chi connectivity index (χ2n) is 5.43. The van der Waals surface area contributed by atoms with Crippen LogP contribution in [0.5, 0.6) is 0 Å². The lowest BCUT2D eigenvalue weighted by Gasteiger charge is -2.27. The first-order chi connectivity index (χ1) is 8.99. The van der Waals surface area contributed by atoms with E-state index in [1.165, 1.54) is 0 Å². The molecular formula is C15H24N4. The van der Waals surface area contributed by atoms with Gasteiger partial charge in [-0.25, -0.2) is 0 Å². The van der Waals surface area contributed by atoms with Gasteiger partial charge in [0.1, 0.15) is 11.6 Å². The molecule has 0 radical (unpaired) electrons. The van der Waals surface area contributed by atoms with Crippen LogP contribution in [0.3, 0.4) is 0 Å². The van der Waals surface area contributed by atoms with Crippen molar-refractivity contribution in [2.45, 2.75) is 65.8 Å². The number of hydrogen-bond acceptors (Lipinski definition) is 4. The van der Waals surface area contributed by atoms with Crippen LogP contribution in [0.4, 0.5) is 5.82 Å². The summed E-state index contributed by atoms with van der Waals surface area (Å²) in [4.78, 5) is 0. The molecule has 1 rings (SSSR count). The van der Waals surface area contributed by atoms with Gasteiger partial charge in [0.15, 0.2) is 5.82 Å². The zero-order chi connectivity index (χ0) is 14.5. The first-order valence-corrected chi connectivity index (χ1v) is 7.05. The molecule has 0 saturated carbocycles. The van der Waals surface area contributed by atoms with E-state index < -0.39 is 0 Å². The molecule has 1 aromatic rings. The number of anilines is 1. The summed E-state index contributed by atoms with van der Waals surface area (Å²) in [7, 11) is 0. The Balaban J connectivity index is 3.19. The average molecular weight is 260 g/mol. The van der Waals surface area contributed by atoms with Gasteiger partial charge in [0.25, 0.3) is 0 Å². The largest absolute Gasteiger partial charge is 0.363 e. The van der Waals surface area contributed by atoms with E-state index in [9.17, 15) is 5.26 Å². The van der Waals surface area contributed by atoms with Gasteiger partial charge in [0.2, 0.25) is 0 Å². The molecule has 1 N–H and O–H groups in total. The Morgan fingerprint density at radius 2 is 1.84 bits per heavy atom. The van der Waals surface area contributed by atoms with Gasteiger partial charge in [-0.1, -0.05) is 27.2 Å². The third kappa shape index (κ3) is 3.66. The maximum atomic E-state index is 9.42. The van der Waals surface area contributed by atoms with Crippen LogP contribution in [-0.4, -0.2) is 15.7 Å². The van der Waals surface area contributed by atoms with E-state index in [0.29, 0.717) is 11.4 Å². The molecule has 0 aliphatic rings. The number of nitriles is 1. The summed E-state index contributed by atoms with van der Waals surface area (Å²) in [5.41, 5.74) is 2.53. The van der Waals surface area contributed by atoms with E-state index in [0.717, 1.165) is 36.9 Å². The van der Waals surface area contributed by atoms with Crippen molar-refractivity contribution in [2.24, 2.45) is 0 Å². The highest BCUT2D eigenvalue weighted by molar-refractivity contribution is 5.57. The molecule has 0 aliphatic carbocycles. The van der Waals surface area contributed by atoms with E-state index in [1.54, 1.807) is 0 Å². The highest BCUT2D eigenvalue weighted by Crippen LogP contribution is 2.24. The van der Waals surface area contributed by atoms with Gasteiger partial charge in [-0.3, -0.25) is 0 Å². The minimum atomic E-state index is -0.0756. The van der Waals surface area contributed by atoms with Crippen LogP contribution in [0.1, 0.15) is 64.3 Å². The summed E-state index contributed by atoms with van der Waals surface area (Å²) in [6, 6.07) is 2.29. The first kappa shape index (κ1) is 15.4. The molecule has 0 unspecified atom stereocenters. The molecule has 0 bridgehead atoms. The lowest BCUT2D eigenvalue weighted by Crippen LogP contribution is -2.32. The van der Waals surface area contributed by atoms with Crippen molar-refractivity contribution in [3.8, 4) is 6.07 Å². The Morgan fingerprint density at radius 1 is 1.16 bits per heavy atom. The molecule has 19 heavy (non-hydrogen) atoms. The van der Waals surface area contributed by atoms with Crippen molar-refractivity contribution in [2.75, 3.05) is 5.32 Å². The van der Waals surface area contributed by atoms with Crippen LogP contribution in [0.15, 0.2) is 0 Å². The smallest absolute Gasteiger partial charge is 0.167 e. The molecule has 1 heterocycles. The minimum Gasteiger partial charge on any atom is -0.363 e. The third-order valence-corrected chi connectivity index (χ3v) is 3.29. The molecule has 104 valence electrons. The fourth-order valence-electron chi connectivity index (χ4n) is 2.39. The number of aromatic nitrogens is 2. The van der Waals surface area contributed by atoms with Crippen LogP contribution in [0.25, 0.3) is 0 Å². The van der Waals surface area contributed by atoms with Gasteiger partial charge < -0.3 is 5.32 Å². The predicted molar refractivity (Wildman–Crippen MR) is 78.1 cm³/mol. The molecule has 0 amide bonds. The summed E-state index contributed by atoms with van der Waals surface area (Å²) in [5.74, 6) is 0.620. The van der Waals surface area contributed by atoms with Gasteiger partial charge in [-0.2, -0.15) is 10.4 Å². The highest BCUT2D eigenvalue weighted by Gasteiger charge is 2.21. The normalized spacial score (nSPS) is 11.2. The molecular weight excluding hydrogens is 236 g/mol. The van der Waals surface area contributed by atoms with Crippen molar-refractivity contribution in [3.63, 3.8) is 0 Å². The monoisotopic (exact) mass is 260 g/mol. The zero-order valence-electron chi connectivity index (χ0n) is 12.7. The number of rotatable bonds is 6. The summed E-state index contributed by atoms with van der Waals surface area (Å²) in [6.07, 6.45) is 3.73. The molecule has 0 atom stereocenters. The van der Waals surface area contributed by atoms with Gasteiger partial charge in [-0.05, 0) is 38.7 Å². The van der Waals surface area contributed by atoms with Crippen LogP contribution in [0.2, 0.25) is 0 Å². The Bertz CT molecular complexity index is 472. The fourth-order valence-corrected chi connectivity index (χ4v) is 2.39. The van der Waals surface area contributed by atoms with E-state index in [2.05, 4.69) is 49.3 Å². The zero-order valence-corrected chi connectivity index (χ0v) is 12.7. The first-order valence-electron chi connectivity index (χ1n) is 7.05. The van der Waals surface area contributed by atoms with Gasteiger partial charge in [0, 0.05) is 5.54 Å². The van der Waals surface area contributed by atoms with Crippen molar-refractivity contribution in [3.05, 3.63) is 16.8 Å². The third-order valence-electron chi connectivity index (χ3n) is 3.29. The van der Waals surface area contributed by atoms with E-state index in [4.69, 9.17) is 0 Å². The second kappa shape index (κ2) is 6.51. The topological polar surface area (TPSA) is 61.6 Å². The van der Waals surface area contributed by atoms with Crippen molar-refractivity contribution in [1.29, 1.82) is 5.26 Å². The summed E-state index contributed by atoms with van der Waals surface area (Å²) < 4.78 is 0. The predicted octanol–water partition coefficient (Wildman–Crippen LogP) is 3.46. The molecule has 1 aromatic heterocycles. The quantitative estimate of drug-likeness (QED) is 0.850. The van der Waals surface area contributed by atoms with Crippen molar-refractivity contribution in [1.82, 2.24) is 10.2 Å². The van der Waals surface area contributed by atoms with Crippen molar-refractivity contribution >= 4 is 5.82 Å². The fraction of sp³-hybridized carbons (Fsp3) is 0.667. The Labute approximate surface area is 116 Å². The summed E-state index contributed by atoms with van der Waals surface area (Å²) in [6.45, 7) is 10.5. The number of nitrogens with one attached hydrogen (secondary N) is 1.